The van der Waals surface area contributed by atoms with Crippen LogP contribution in [0.15, 0.2) is 24.3 Å². The van der Waals surface area contributed by atoms with Crippen molar-refractivity contribution in [2.24, 2.45) is 0 Å². The van der Waals surface area contributed by atoms with Crippen molar-refractivity contribution >= 4 is 17.9 Å². The number of hydrogen-bond donors (Lipinski definition) is 2. The first-order valence-electron chi connectivity index (χ1n) is 5.31. The van der Waals surface area contributed by atoms with Crippen LogP contribution in [0.3, 0.4) is 0 Å². The molecular weight excluding hydrogens is 204 g/mol. The van der Waals surface area contributed by atoms with Crippen LogP contribution in [0.5, 0.6) is 0 Å². The minimum absolute atomic E-state index is 0.126. The molecule has 1 aromatic carbocycles. The molecule has 0 aliphatic heterocycles. The molecule has 4 heteroatoms. The van der Waals surface area contributed by atoms with Gasteiger partial charge in [0.25, 0.3) is 5.91 Å². The van der Waals surface area contributed by atoms with Gasteiger partial charge in [0, 0.05) is 24.2 Å². The number of unbranched alkanes of at least 4 members (excludes halogenated alkanes) is 2. The second kappa shape index (κ2) is 6.61. The van der Waals surface area contributed by atoms with Crippen LogP contribution in [0.1, 0.15) is 29.6 Å². The molecule has 0 aliphatic rings. The van der Waals surface area contributed by atoms with Gasteiger partial charge in [0.05, 0.1) is 0 Å². The van der Waals surface area contributed by atoms with Crippen LogP contribution in [0.4, 0.5) is 5.69 Å². The van der Waals surface area contributed by atoms with Crippen LogP contribution in [0.2, 0.25) is 0 Å². The molecule has 0 radical (unpaired) electrons. The number of nitrogen functional groups attached to an aromatic ring is 1. The summed E-state index contributed by atoms with van der Waals surface area (Å²) in [5.74, 6) is -0.126. The third-order valence-electron chi connectivity index (χ3n) is 2.18. The SMILES string of the molecule is Nc1cccc(C(=O)NCCCCC=O)c1. The topological polar surface area (TPSA) is 72.2 Å². The zero-order chi connectivity index (χ0) is 11.8. The normalized spacial score (nSPS) is 9.75. The van der Waals surface area contributed by atoms with Gasteiger partial charge in [-0.25, -0.2) is 0 Å². The van der Waals surface area contributed by atoms with Crippen LogP contribution in [-0.4, -0.2) is 18.7 Å². The van der Waals surface area contributed by atoms with E-state index in [2.05, 4.69) is 5.32 Å². The van der Waals surface area contributed by atoms with Crippen molar-refractivity contribution in [3.8, 4) is 0 Å². The molecule has 0 unspecified atom stereocenters. The fraction of sp³-hybridized carbons (Fsp3) is 0.333. The van der Waals surface area contributed by atoms with Crippen LogP contribution in [0, 0.1) is 0 Å². The van der Waals surface area contributed by atoms with E-state index in [1.165, 1.54) is 0 Å². The van der Waals surface area contributed by atoms with Gasteiger partial charge in [0.15, 0.2) is 0 Å². The molecule has 0 bridgehead atoms. The summed E-state index contributed by atoms with van der Waals surface area (Å²) in [4.78, 5) is 21.7. The average molecular weight is 220 g/mol. The molecule has 0 spiro atoms. The zero-order valence-electron chi connectivity index (χ0n) is 9.11. The highest BCUT2D eigenvalue weighted by Gasteiger charge is 2.03. The number of rotatable bonds is 6. The molecular formula is C12H16N2O2. The summed E-state index contributed by atoms with van der Waals surface area (Å²) in [5.41, 5.74) is 6.71. The molecule has 0 heterocycles. The quantitative estimate of drug-likeness (QED) is 0.432. The summed E-state index contributed by atoms with van der Waals surface area (Å²) < 4.78 is 0. The standard InChI is InChI=1S/C12H16N2O2/c13-11-6-4-5-10(9-11)12(16)14-7-2-1-3-8-15/h4-6,8-9H,1-3,7,13H2,(H,14,16). The summed E-state index contributed by atoms with van der Waals surface area (Å²) in [7, 11) is 0. The van der Waals surface area contributed by atoms with Crippen LogP contribution >= 0.6 is 0 Å². The Bertz CT molecular complexity index is 364. The van der Waals surface area contributed by atoms with Crippen molar-refractivity contribution in [3.63, 3.8) is 0 Å². The van der Waals surface area contributed by atoms with E-state index in [4.69, 9.17) is 5.73 Å². The van der Waals surface area contributed by atoms with Gasteiger partial charge < -0.3 is 15.8 Å². The molecule has 0 fully saturated rings. The van der Waals surface area contributed by atoms with Gasteiger partial charge in [-0.05, 0) is 31.0 Å². The molecule has 0 aromatic heterocycles. The van der Waals surface area contributed by atoms with E-state index in [0.29, 0.717) is 24.2 Å². The highest BCUT2D eigenvalue weighted by Crippen LogP contribution is 2.06. The Kier molecular flexibility index (Phi) is 5.05. The molecule has 0 saturated carbocycles. The van der Waals surface area contributed by atoms with Crippen LogP contribution < -0.4 is 11.1 Å². The number of carbonyl (C=O) groups excluding carboxylic acids is 2. The van der Waals surface area contributed by atoms with Crippen molar-refractivity contribution in [2.45, 2.75) is 19.3 Å². The Morgan fingerprint density at radius 2 is 2.19 bits per heavy atom. The second-order valence-corrected chi connectivity index (χ2v) is 3.54. The Labute approximate surface area is 94.8 Å². The minimum Gasteiger partial charge on any atom is -0.399 e. The maximum Gasteiger partial charge on any atom is 0.251 e. The van der Waals surface area contributed by atoms with E-state index < -0.39 is 0 Å². The van der Waals surface area contributed by atoms with Crippen molar-refractivity contribution in [2.75, 3.05) is 12.3 Å². The first kappa shape index (κ1) is 12.2. The van der Waals surface area contributed by atoms with E-state index in [1.807, 2.05) is 0 Å². The molecule has 0 saturated heterocycles. The number of aldehydes is 1. The van der Waals surface area contributed by atoms with Crippen molar-refractivity contribution in [1.29, 1.82) is 0 Å². The predicted molar refractivity (Wildman–Crippen MR) is 63.1 cm³/mol. The van der Waals surface area contributed by atoms with E-state index in [-0.39, 0.29) is 5.91 Å². The molecule has 1 rings (SSSR count). The van der Waals surface area contributed by atoms with Gasteiger partial charge in [-0.3, -0.25) is 4.79 Å². The Morgan fingerprint density at radius 3 is 2.88 bits per heavy atom. The number of hydrogen-bond acceptors (Lipinski definition) is 3. The van der Waals surface area contributed by atoms with Crippen LogP contribution in [0.25, 0.3) is 0 Å². The lowest BCUT2D eigenvalue weighted by Gasteiger charge is -2.04. The number of nitrogens with one attached hydrogen (secondary N) is 1. The summed E-state index contributed by atoms with van der Waals surface area (Å²) >= 11 is 0. The highest BCUT2D eigenvalue weighted by molar-refractivity contribution is 5.94. The van der Waals surface area contributed by atoms with E-state index in [9.17, 15) is 9.59 Å². The van der Waals surface area contributed by atoms with Gasteiger partial charge in [0.2, 0.25) is 0 Å². The number of anilines is 1. The van der Waals surface area contributed by atoms with Crippen molar-refractivity contribution in [3.05, 3.63) is 29.8 Å². The Hall–Kier alpha value is -1.84. The molecule has 16 heavy (non-hydrogen) atoms. The lowest BCUT2D eigenvalue weighted by atomic mass is 10.2. The molecule has 4 nitrogen and oxygen atoms in total. The van der Waals surface area contributed by atoms with Gasteiger partial charge in [0.1, 0.15) is 6.29 Å². The number of benzene rings is 1. The monoisotopic (exact) mass is 220 g/mol. The first-order valence-corrected chi connectivity index (χ1v) is 5.31. The second-order valence-electron chi connectivity index (χ2n) is 3.54. The fourth-order valence-corrected chi connectivity index (χ4v) is 1.34. The molecule has 3 N–H and O–H groups in total. The molecule has 1 aromatic rings. The third kappa shape index (κ3) is 4.13. The average Bonchev–Trinajstić information content (AvgIpc) is 2.28. The molecule has 86 valence electrons. The number of nitrogens with two attached hydrogens (primary N) is 1. The smallest absolute Gasteiger partial charge is 0.251 e. The van der Waals surface area contributed by atoms with Gasteiger partial charge in [-0.15, -0.1) is 0 Å². The fourth-order valence-electron chi connectivity index (χ4n) is 1.34. The zero-order valence-corrected chi connectivity index (χ0v) is 9.11. The maximum atomic E-state index is 11.6. The van der Waals surface area contributed by atoms with Crippen LogP contribution in [-0.2, 0) is 4.79 Å². The van der Waals surface area contributed by atoms with Gasteiger partial charge >= 0.3 is 0 Å². The summed E-state index contributed by atoms with van der Waals surface area (Å²) in [6, 6.07) is 6.84. The molecule has 0 atom stereocenters. The lowest BCUT2D eigenvalue weighted by molar-refractivity contribution is -0.107. The van der Waals surface area contributed by atoms with E-state index >= 15 is 0 Å². The summed E-state index contributed by atoms with van der Waals surface area (Å²) in [6.07, 6.45) is 3.06. The largest absolute Gasteiger partial charge is 0.399 e. The minimum atomic E-state index is -0.126. The van der Waals surface area contributed by atoms with Gasteiger partial charge in [-0.2, -0.15) is 0 Å². The number of amides is 1. The lowest BCUT2D eigenvalue weighted by Crippen LogP contribution is -2.24. The summed E-state index contributed by atoms with van der Waals surface area (Å²) in [5, 5.41) is 2.77. The van der Waals surface area contributed by atoms with Crippen molar-refractivity contribution in [1.82, 2.24) is 5.32 Å². The third-order valence-corrected chi connectivity index (χ3v) is 2.18. The number of carbonyl (C=O) groups is 2. The van der Waals surface area contributed by atoms with Gasteiger partial charge in [-0.1, -0.05) is 6.07 Å². The molecule has 0 aliphatic carbocycles. The highest BCUT2D eigenvalue weighted by atomic mass is 16.1. The molecule has 1 amide bonds. The Balaban J connectivity index is 2.32. The Morgan fingerprint density at radius 1 is 1.38 bits per heavy atom. The van der Waals surface area contributed by atoms with Crippen molar-refractivity contribution < 1.29 is 9.59 Å². The predicted octanol–water partition coefficient (Wildman–Crippen LogP) is 1.37. The first-order chi connectivity index (χ1) is 7.74. The maximum absolute atomic E-state index is 11.6. The van der Waals surface area contributed by atoms with E-state index in [1.54, 1.807) is 24.3 Å². The summed E-state index contributed by atoms with van der Waals surface area (Å²) in [6.45, 7) is 0.585. The van der Waals surface area contributed by atoms with E-state index in [0.717, 1.165) is 19.1 Å².